The van der Waals surface area contributed by atoms with E-state index in [0.717, 1.165) is 36.3 Å². The van der Waals surface area contributed by atoms with Crippen molar-refractivity contribution < 1.29 is 4.79 Å². The minimum absolute atomic E-state index is 0.0206. The van der Waals surface area contributed by atoms with Gasteiger partial charge in [0.05, 0.1) is 0 Å². The van der Waals surface area contributed by atoms with Gasteiger partial charge in [-0.25, -0.2) is 0 Å². The van der Waals surface area contributed by atoms with E-state index in [4.69, 9.17) is 0 Å². The van der Waals surface area contributed by atoms with Gasteiger partial charge in [-0.1, -0.05) is 13.0 Å². The lowest BCUT2D eigenvalue weighted by atomic mass is 9.87. The number of hydrogen-bond donors (Lipinski definition) is 2. The number of nitrogens with one attached hydrogen (secondary N) is 2. The van der Waals surface area contributed by atoms with Crippen molar-refractivity contribution in [3.8, 4) is 0 Å². The molecule has 0 radical (unpaired) electrons. The van der Waals surface area contributed by atoms with Crippen molar-refractivity contribution in [3.05, 3.63) is 57.4 Å². The van der Waals surface area contributed by atoms with Crippen molar-refractivity contribution in [2.24, 2.45) is 5.92 Å². The highest BCUT2D eigenvalue weighted by Gasteiger charge is 2.20. The van der Waals surface area contributed by atoms with Crippen LogP contribution in [0.5, 0.6) is 0 Å². The van der Waals surface area contributed by atoms with Crippen LogP contribution in [0.25, 0.3) is 10.9 Å². The van der Waals surface area contributed by atoms with E-state index in [1.165, 1.54) is 27.9 Å². The van der Waals surface area contributed by atoms with Crippen LogP contribution in [0, 0.1) is 5.92 Å². The standard InChI is InChI=1S/C20H22N2OS/c1-13-4-6-18-16(11-13)17-12-14(5-7-19(17)22-18)20(23)21-9-8-15-3-2-10-24-15/h2-3,5,7,10,12-13,22H,4,6,8-9,11H2,1H3,(H,21,23). The average molecular weight is 338 g/mol. The molecule has 2 N–H and O–H groups in total. The zero-order chi connectivity index (χ0) is 16.5. The molecule has 0 saturated carbocycles. The number of aryl methyl sites for hydroxylation is 1. The third-order valence-corrected chi connectivity index (χ3v) is 5.87. The Hall–Kier alpha value is -2.07. The number of carbonyl (C=O) groups is 1. The van der Waals surface area contributed by atoms with Gasteiger partial charge in [-0.05, 0) is 66.8 Å². The van der Waals surface area contributed by atoms with Crippen LogP contribution in [0.15, 0.2) is 35.7 Å². The number of hydrogen-bond acceptors (Lipinski definition) is 2. The number of benzene rings is 1. The lowest BCUT2D eigenvalue weighted by Crippen LogP contribution is -2.25. The Morgan fingerprint density at radius 2 is 2.29 bits per heavy atom. The summed E-state index contributed by atoms with van der Waals surface area (Å²) in [5.74, 6) is 0.743. The first-order valence-electron chi connectivity index (χ1n) is 8.65. The molecule has 1 amide bonds. The summed E-state index contributed by atoms with van der Waals surface area (Å²) < 4.78 is 0. The summed E-state index contributed by atoms with van der Waals surface area (Å²) in [6, 6.07) is 10.2. The predicted molar refractivity (Wildman–Crippen MR) is 99.8 cm³/mol. The summed E-state index contributed by atoms with van der Waals surface area (Å²) in [6.45, 7) is 2.99. The number of carbonyl (C=O) groups excluding carboxylic acids is 1. The molecule has 0 bridgehead atoms. The largest absolute Gasteiger partial charge is 0.358 e. The normalized spacial score (nSPS) is 17.0. The van der Waals surface area contributed by atoms with Crippen molar-refractivity contribution in [1.82, 2.24) is 10.3 Å². The van der Waals surface area contributed by atoms with Crippen LogP contribution in [0.3, 0.4) is 0 Å². The number of rotatable bonds is 4. The molecule has 124 valence electrons. The highest BCUT2D eigenvalue weighted by molar-refractivity contribution is 7.09. The van der Waals surface area contributed by atoms with Crippen molar-refractivity contribution in [1.29, 1.82) is 0 Å². The summed E-state index contributed by atoms with van der Waals surface area (Å²) in [5, 5.41) is 6.34. The zero-order valence-electron chi connectivity index (χ0n) is 13.9. The summed E-state index contributed by atoms with van der Waals surface area (Å²) in [4.78, 5) is 17.3. The second kappa shape index (κ2) is 6.44. The molecule has 3 nitrogen and oxygen atoms in total. The summed E-state index contributed by atoms with van der Waals surface area (Å²) in [6.07, 6.45) is 4.37. The van der Waals surface area contributed by atoms with E-state index >= 15 is 0 Å². The van der Waals surface area contributed by atoms with Crippen LogP contribution in [-0.2, 0) is 19.3 Å². The smallest absolute Gasteiger partial charge is 0.251 e. The van der Waals surface area contributed by atoms with Crippen LogP contribution < -0.4 is 5.32 Å². The van der Waals surface area contributed by atoms with Gasteiger partial charge in [-0.15, -0.1) is 11.3 Å². The van der Waals surface area contributed by atoms with Gasteiger partial charge in [-0.3, -0.25) is 4.79 Å². The maximum absolute atomic E-state index is 12.5. The molecule has 1 atom stereocenters. The predicted octanol–water partition coefficient (Wildman–Crippen LogP) is 4.33. The molecule has 1 unspecified atom stereocenters. The molecule has 0 saturated heterocycles. The molecule has 3 aromatic rings. The molecule has 2 aromatic heterocycles. The Bertz CT molecular complexity index is 863. The molecular formula is C20H22N2OS. The van der Waals surface area contributed by atoms with Crippen LogP contribution in [0.4, 0.5) is 0 Å². The van der Waals surface area contributed by atoms with Crippen LogP contribution in [0.1, 0.15) is 39.8 Å². The lowest BCUT2D eigenvalue weighted by Gasteiger charge is -2.18. The van der Waals surface area contributed by atoms with E-state index in [-0.39, 0.29) is 5.91 Å². The second-order valence-electron chi connectivity index (χ2n) is 6.78. The van der Waals surface area contributed by atoms with E-state index < -0.39 is 0 Å². The Labute approximate surface area is 146 Å². The molecule has 4 heteroatoms. The maximum atomic E-state index is 12.5. The first kappa shape index (κ1) is 15.5. The Balaban J connectivity index is 1.51. The molecule has 4 rings (SSSR count). The molecule has 0 aliphatic heterocycles. The van der Waals surface area contributed by atoms with E-state index in [2.05, 4.69) is 34.7 Å². The number of aromatic amines is 1. The summed E-state index contributed by atoms with van der Waals surface area (Å²) >= 11 is 1.73. The summed E-state index contributed by atoms with van der Waals surface area (Å²) in [5.41, 5.74) is 4.69. The topological polar surface area (TPSA) is 44.9 Å². The Kier molecular flexibility index (Phi) is 4.15. The minimum atomic E-state index is 0.0206. The number of thiophene rings is 1. The molecule has 0 spiro atoms. The van der Waals surface area contributed by atoms with Gasteiger partial charge in [0.1, 0.15) is 0 Å². The van der Waals surface area contributed by atoms with Gasteiger partial charge < -0.3 is 10.3 Å². The first-order chi connectivity index (χ1) is 11.7. The van der Waals surface area contributed by atoms with Crippen LogP contribution in [-0.4, -0.2) is 17.4 Å². The minimum Gasteiger partial charge on any atom is -0.358 e. The third-order valence-electron chi connectivity index (χ3n) is 4.93. The number of H-pyrrole nitrogens is 1. The molecule has 24 heavy (non-hydrogen) atoms. The highest BCUT2D eigenvalue weighted by Crippen LogP contribution is 2.32. The Morgan fingerprint density at radius 3 is 3.12 bits per heavy atom. The van der Waals surface area contributed by atoms with E-state index in [9.17, 15) is 4.79 Å². The quantitative estimate of drug-likeness (QED) is 0.731. The lowest BCUT2D eigenvalue weighted by molar-refractivity contribution is 0.0954. The first-order valence-corrected chi connectivity index (χ1v) is 9.53. The average Bonchev–Trinajstić information content (AvgIpc) is 3.21. The van der Waals surface area contributed by atoms with Crippen molar-refractivity contribution in [3.63, 3.8) is 0 Å². The fourth-order valence-electron chi connectivity index (χ4n) is 3.59. The van der Waals surface area contributed by atoms with E-state index in [1.54, 1.807) is 11.3 Å². The van der Waals surface area contributed by atoms with Gasteiger partial charge in [0.15, 0.2) is 0 Å². The van der Waals surface area contributed by atoms with Gasteiger partial charge >= 0.3 is 0 Å². The van der Waals surface area contributed by atoms with Crippen LogP contribution in [0.2, 0.25) is 0 Å². The molecule has 1 aromatic carbocycles. The van der Waals surface area contributed by atoms with Crippen molar-refractivity contribution in [2.75, 3.05) is 6.54 Å². The summed E-state index contributed by atoms with van der Waals surface area (Å²) in [7, 11) is 0. The van der Waals surface area contributed by atoms with Crippen molar-refractivity contribution >= 4 is 28.1 Å². The van der Waals surface area contributed by atoms with Gasteiger partial charge in [-0.2, -0.15) is 0 Å². The third kappa shape index (κ3) is 2.98. The molecule has 1 aliphatic rings. The van der Waals surface area contributed by atoms with E-state index in [1.807, 2.05) is 18.2 Å². The second-order valence-corrected chi connectivity index (χ2v) is 7.81. The van der Waals surface area contributed by atoms with Gasteiger partial charge in [0.2, 0.25) is 0 Å². The molecule has 2 heterocycles. The Morgan fingerprint density at radius 1 is 1.38 bits per heavy atom. The number of amides is 1. The zero-order valence-corrected chi connectivity index (χ0v) is 14.7. The molecule has 0 fully saturated rings. The highest BCUT2D eigenvalue weighted by atomic mass is 32.1. The maximum Gasteiger partial charge on any atom is 0.251 e. The van der Waals surface area contributed by atoms with Gasteiger partial charge in [0.25, 0.3) is 5.91 Å². The SMILES string of the molecule is CC1CCc2[nH]c3ccc(C(=O)NCCc4cccs4)cc3c2C1. The van der Waals surface area contributed by atoms with Crippen LogP contribution >= 0.6 is 11.3 Å². The van der Waals surface area contributed by atoms with E-state index in [0.29, 0.717) is 6.54 Å². The van der Waals surface area contributed by atoms with Crippen molar-refractivity contribution in [2.45, 2.75) is 32.6 Å². The molecule has 1 aliphatic carbocycles. The fraction of sp³-hybridized carbons (Fsp3) is 0.350. The van der Waals surface area contributed by atoms with Gasteiger partial charge in [0, 0.05) is 33.6 Å². The number of fused-ring (bicyclic) bond motifs is 3. The monoisotopic (exact) mass is 338 g/mol. The number of aromatic nitrogens is 1. The fourth-order valence-corrected chi connectivity index (χ4v) is 4.30. The molecular weight excluding hydrogens is 316 g/mol.